The van der Waals surface area contributed by atoms with E-state index in [9.17, 15) is 9.50 Å². The number of aliphatic hydroxyl groups is 1. The zero-order chi connectivity index (χ0) is 12.4. The second-order valence-electron chi connectivity index (χ2n) is 3.75. The standard InChI is InChI=1S/C13H12ClFO2/c1-2-11(16)13-6-5-12(17-13)9-7-8(14)3-4-10(9)15/h3-7,11,16H,2H2,1H3. The average Bonchev–Trinajstić information content (AvgIpc) is 2.80. The Morgan fingerprint density at radius 2 is 2.12 bits per heavy atom. The van der Waals surface area contributed by atoms with Gasteiger partial charge in [-0.1, -0.05) is 18.5 Å². The molecule has 17 heavy (non-hydrogen) atoms. The molecule has 1 heterocycles. The van der Waals surface area contributed by atoms with Gasteiger partial charge < -0.3 is 9.52 Å². The van der Waals surface area contributed by atoms with Crippen LogP contribution in [0.2, 0.25) is 5.02 Å². The number of hydrogen-bond donors (Lipinski definition) is 1. The zero-order valence-electron chi connectivity index (χ0n) is 9.28. The third-order valence-electron chi connectivity index (χ3n) is 2.54. The first-order valence-corrected chi connectivity index (χ1v) is 5.73. The van der Waals surface area contributed by atoms with Crippen molar-refractivity contribution < 1.29 is 13.9 Å². The molecule has 1 N–H and O–H groups in total. The highest BCUT2D eigenvalue weighted by atomic mass is 35.5. The Labute approximate surface area is 104 Å². The molecule has 2 aromatic rings. The Hall–Kier alpha value is -1.32. The molecule has 0 aliphatic carbocycles. The molecule has 1 aromatic heterocycles. The van der Waals surface area contributed by atoms with E-state index in [0.29, 0.717) is 28.5 Å². The monoisotopic (exact) mass is 254 g/mol. The van der Waals surface area contributed by atoms with Crippen LogP contribution >= 0.6 is 11.6 Å². The third kappa shape index (κ3) is 2.51. The molecular formula is C13H12ClFO2. The summed E-state index contributed by atoms with van der Waals surface area (Å²) < 4.78 is 19.0. The summed E-state index contributed by atoms with van der Waals surface area (Å²) in [7, 11) is 0. The van der Waals surface area contributed by atoms with Gasteiger partial charge >= 0.3 is 0 Å². The van der Waals surface area contributed by atoms with Crippen LogP contribution in [0.15, 0.2) is 34.7 Å². The topological polar surface area (TPSA) is 33.4 Å². The maximum Gasteiger partial charge on any atom is 0.137 e. The van der Waals surface area contributed by atoms with Gasteiger partial charge in [0, 0.05) is 5.02 Å². The van der Waals surface area contributed by atoms with Gasteiger partial charge in [-0.15, -0.1) is 0 Å². The van der Waals surface area contributed by atoms with Crippen LogP contribution in [-0.2, 0) is 0 Å². The quantitative estimate of drug-likeness (QED) is 0.891. The highest BCUT2D eigenvalue weighted by Crippen LogP contribution is 2.30. The minimum atomic E-state index is -0.661. The van der Waals surface area contributed by atoms with Gasteiger partial charge in [0.1, 0.15) is 23.4 Å². The molecule has 0 spiro atoms. The molecule has 1 aromatic carbocycles. The van der Waals surface area contributed by atoms with E-state index in [1.807, 2.05) is 6.92 Å². The van der Waals surface area contributed by atoms with Gasteiger partial charge in [-0.05, 0) is 36.8 Å². The van der Waals surface area contributed by atoms with Crippen LogP contribution in [0.4, 0.5) is 4.39 Å². The van der Waals surface area contributed by atoms with Crippen molar-refractivity contribution in [1.29, 1.82) is 0 Å². The van der Waals surface area contributed by atoms with Gasteiger partial charge in [-0.2, -0.15) is 0 Å². The maximum atomic E-state index is 13.6. The van der Waals surface area contributed by atoms with Crippen molar-refractivity contribution in [1.82, 2.24) is 0 Å². The summed E-state index contributed by atoms with van der Waals surface area (Å²) in [4.78, 5) is 0. The van der Waals surface area contributed by atoms with Crippen LogP contribution in [0, 0.1) is 5.82 Å². The summed E-state index contributed by atoms with van der Waals surface area (Å²) in [6.07, 6.45) is -0.115. The first-order valence-electron chi connectivity index (χ1n) is 5.35. The lowest BCUT2D eigenvalue weighted by molar-refractivity contribution is 0.146. The summed E-state index contributed by atoms with van der Waals surface area (Å²) >= 11 is 5.81. The van der Waals surface area contributed by atoms with E-state index in [0.717, 1.165) is 0 Å². The molecule has 0 radical (unpaired) electrons. The molecular weight excluding hydrogens is 243 g/mol. The number of furan rings is 1. The lowest BCUT2D eigenvalue weighted by atomic mass is 10.1. The van der Waals surface area contributed by atoms with Crippen molar-refractivity contribution >= 4 is 11.6 Å². The first kappa shape index (κ1) is 12.1. The average molecular weight is 255 g/mol. The van der Waals surface area contributed by atoms with Crippen LogP contribution in [0.3, 0.4) is 0 Å². The van der Waals surface area contributed by atoms with Gasteiger partial charge in [0.05, 0.1) is 5.56 Å². The van der Waals surface area contributed by atoms with Crippen LogP contribution in [-0.4, -0.2) is 5.11 Å². The number of aliphatic hydroxyl groups excluding tert-OH is 1. The Kier molecular flexibility index (Phi) is 3.50. The lowest BCUT2D eigenvalue weighted by Gasteiger charge is -2.03. The number of halogens is 2. The smallest absolute Gasteiger partial charge is 0.137 e. The highest BCUT2D eigenvalue weighted by Gasteiger charge is 2.14. The van der Waals surface area contributed by atoms with Gasteiger partial charge in [0.2, 0.25) is 0 Å². The minimum Gasteiger partial charge on any atom is -0.458 e. The van der Waals surface area contributed by atoms with Gasteiger partial charge in [0.25, 0.3) is 0 Å². The van der Waals surface area contributed by atoms with Crippen molar-refractivity contribution in [2.45, 2.75) is 19.4 Å². The molecule has 0 amide bonds. The van der Waals surface area contributed by atoms with Crippen LogP contribution in [0.1, 0.15) is 25.2 Å². The minimum absolute atomic E-state index is 0.298. The largest absolute Gasteiger partial charge is 0.458 e. The lowest BCUT2D eigenvalue weighted by Crippen LogP contribution is -1.91. The normalized spacial score (nSPS) is 12.7. The van der Waals surface area contributed by atoms with Crippen molar-refractivity contribution in [3.8, 4) is 11.3 Å². The Morgan fingerprint density at radius 1 is 1.35 bits per heavy atom. The summed E-state index contributed by atoms with van der Waals surface area (Å²) in [5, 5.41) is 10.0. The van der Waals surface area contributed by atoms with E-state index in [-0.39, 0.29) is 0 Å². The Morgan fingerprint density at radius 3 is 2.82 bits per heavy atom. The van der Waals surface area contributed by atoms with E-state index >= 15 is 0 Å². The first-order chi connectivity index (χ1) is 8.11. The van der Waals surface area contributed by atoms with E-state index in [1.54, 1.807) is 12.1 Å². The van der Waals surface area contributed by atoms with E-state index in [4.69, 9.17) is 16.0 Å². The van der Waals surface area contributed by atoms with Crippen LogP contribution < -0.4 is 0 Å². The molecule has 0 saturated heterocycles. The second-order valence-corrected chi connectivity index (χ2v) is 4.19. The maximum absolute atomic E-state index is 13.6. The molecule has 2 nitrogen and oxygen atoms in total. The van der Waals surface area contributed by atoms with Gasteiger partial charge in [0.15, 0.2) is 0 Å². The summed E-state index contributed by atoms with van der Waals surface area (Å²) in [5.41, 5.74) is 0.298. The van der Waals surface area contributed by atoms with Crippen LogP contribution in [0.25, 0.3) is 11.3 Å². The van der Waals surface area contributed by atoms with Gasteiger partial charge in [-0.3, -0.25) is 0 Å². The molecule has 0 aliphatic heterocycles. The van der Waals surface area contributed by atoms with Gasteiger partial charge in [-0.25, -0.2) is 4.39 Å². The molecule has 1 unspecified atom stereocenters. The fraction of sp³-hybridized carbons (Fsp3) is 0.231. The predicted octanol–water partition coefficient (Wildman–Crippen LogP) is 4.18. The molecule has 90 valence electrons. The summed E-state index contributed by atoms with van der Waals surface area (Å²) in [6, 6.07) is 7.53. The van der Waals surface area contributed by atoms with Crippen molar-refractivity contribution in [3.63, 3.8) is 0 Å². The molecule has 1 atom stereocenters. The molecule has 0 bridgehead atoms. The van der Waals surface area contributed by atoms with E-state index in [1.165, 1.54) is 18.2 Å². The predicted molar refractivity (Wildman–Crippen MR) is 64.4 cm³/mol. The summed E-state index contributed by atoms with van der Waals surface area (Å²) in [5.74, 6) is 0.399. The number of rotatable bonds is 3. The fourth-order valence-electron chi connectivity index (χ4n) is 1.56. The Bertz CT molecular complexity index is 522. The highest BCUT2D eigenvalue weighted by molar-refractivity contribution is 6.30. The van der Waals surface area contributed by atoms with Crippen molar-refractivity contribution in [3.05, 3.63) is 46.9 Å². The molecule has 0 fully saturated rings. The molecule has 2 rings (SSSR count). The third-order valence-corrected chi connectivity index (χ3v) is 2.77. The Balaban J connectivity index is 2.40. The second kappa shape index (κ2) is 4.90. The van der Waals surface area contributed by atoms with E-state index in [2.05, 4.69) is 0 Å². The SMILES string of the molecule is CCC(O)c1ccc(-c2cc(Cl)ccc2F)o1. The van der Waals surface area contributed by atoms with Crippen molar-refractivity contribution in [2.24, 2.45) is 0 Å². The molecule has 0 aliphatic rings. The van der Waals surface area contributed by atoms with Crippen LogP contribution in [0.5, 0.6) is 0 Å². The zero-order valence-corrected chi connectivity index (χ0v) is 10.0. The molecule has 0 saturated carbocycles. The van der Waals surface area contributed by atoms with E-state index < -0.39 is 11.9 Å². The number of hydrogen-bond acceptors (Lipinski definition) is 2. The van der Waals surface area contributed by atoms with Crippen molar-refractivity contribution in [2.75, 3.05) is 0 Å². The fourth-order valence-corrected chi connectivity index (χ4v) is 1.74. The molecule has 4 heteroatoms. The summed E-state index contributed by atoms with van der Waals surface area (Å²) in [6.45, 7) is 1.84. The number of benzene rings is 1.